The molecule has 1 aliphatic heterocycles. The molecule has 138 valence electrons. The molecule has 1 unspecified atom stereocenters. The van der Waals surface area contributed by atoms with E-state index in [2.05, 4.69) is 15.9 Å². The smallest absolute Gasteiger partial charge is 0.233 e. The molecule has 25 heavy (non-hydrogen) atoms. The second-order valence-electron chi connectivity index (χ2n) is 6.87. The van der Waals surface area contributed by atoms with Crippen LogP contribution in [0.15, 0.2) is 22.7 Å². The third-order valence-electron chi connectivity index (χ3n) is 5.31. The number of rotatable bonds is 6. The van der Waals surface area contributed by atoms with Crippen LogP contribution in [0.25, 0.3) is 0 Å². The molecule has 1 saturated carbocycles. The van der Waals surface area contributed by atoms with Gasteiger partial charge in [0.1, 0.15) is 0 Å². The quantitative estimate of drug-likeness (QED) is 0.427. The average Bonchev–Trinajstić information content (AvgIpc) is 3.12. The predicted molar refractivity (Wildman–Crippen MR) is 97.5 cm³/mol. The summed E-state index contributed by atoms with van der Waals surface area (Å²) in [5.41, 5.74) is 2.16. The van der Waals surface area contributed by atoms with Crippen LogP contribution in [0.2, 0.25) is 0 Å². The normalized spacial score (nSPS) is 20.2. The van der Waals surface area contributed by atoms with Crippen molar-refractivity contribution in [2.24, 2.45) is 5.92 Å². The maximum absolute atomic E-state index is 12.9. The summed E-state index contributed by atoms with van der Waals surface area (Å²) in [5, 5.41) is 10.5. The Bertz CT molecular complexity index is 734. The Balaban J connectivity index is 1.77. The van der Waals surface area contributed by atoms with E-state index in [0.717, 1.165) is 35.7 Å². The fourth-order valence-corrected chi connectivity index (χ4v) is 6.09. The molecule has 8 heteroatoms. The highest BCUT2D eigenvalue weighted by Gasteiger charge is 2.36. The number of nitrogens with zero attached hydrogens (tertiary/aromatic N) is 2. The van der Waals surface area contributed by atoms with Crippen LogP contribution in [-0.2, 0) is 27.8 Å². The molecule has 1 aliphatic carbocycles. The highest BCUT2D eigenvalue weighted by Crippen LogP contribution is 2.31. The van der Waals surface area contributed by atoms with E-state index in [1.807, 2.05) is 18.2 Å². The van der Waals surface area contributed by atoms with Crippen LogP contribution < -0.4 is 0 Å². The van der Waals surface area contributed by atoms with E-state index in [4.69, 9.17) is 0 Å². The van der Waals surface area contributed by atoms with Crippen LogP contribution in [0.3, 0.4) is 0 Å². The minimum Gasteiger partial charge on any atom is -0.286 e. The number of sulfonamides is 1. The van der Waals surface area contributed by atoms with E-state index in [0.29, 0.717) is 31.0 Å². The number of halogens is 1. The second kappa shape index (κ2) is 7.73. The maximum Gasteiger partial charge on any atom is 0.233 e. The van der Waals surface area contributed by atoms with Gasteiger partial charge in [-0.05, 0) is 48.4 Å². The molecule has 0 saturated heterocycles. The van der Waals surface area contributed by atoms with Gasteiger partial charge in [0.05, 0.1) is 11.8 Å². The number of fused-ring (bicyclic) bond motifs is 1. The largest absolute Gasteiger partial charge is 0.286 e. The van der Waals surface area contributed by atoms with Gasteiger partial charge in [-0.1, -0.05) is 34.8 Å². The van der Waals surface area contributed by atoms with Crippen LogP contribution in [0, 0.1) is 5.92 Å². The number of hydrogen-bond acceptors (Lipinski definition) is 4. The Hall–Kier alpha value is -0.960. The third-order valence-corrected chi connectivity index (χ3v) is 7.67. The van der Waals surface area contributed by atoms with E-state index in [1.54, 1.807) is 0 Å². The molecule has 0 spiro atoms. The molecule has 1 heterocycles. The summed E-state index contributed by atoms with van der Waals surface area (Å²) in [6.07, 6.45) is 4.72. The molecule has 3 rings (SSSR count). The molecule has 6 nitrogen and oxygen atoms in total. The lowest BCUT2D eigenvalue weighted by Gasteiger charge is -2.33. The molecule has 1 atom stereocenters. The first-order valence-electron chi connectivity index (χ1n) is 8.58. The van der Waals surface area contributed by atoms with E-state index in [-0.39, 0.29) is 11.7 Å². The van der Waals surface area contributed by atoms with Crippen molar-refractivity contribution in [1.29, 1.82) is 0 Å². The molecule has 0 bridgehead atoms. The molecule has 1 fully saturated rings. The Morgan fingerprint density at radius 2 is 2.04 bits per heavy atom. The van der Waals surface area contributed by atoms with Crippen molar-refractivity contribution in [1.82, 2.24) is 9.37 Å². The molecule has 0 radical (unpaired) electrons. The number of carbonyl (C=O) groups is 1. The van der Waals surface area contributed by atoms with E-state index >= 15 is 0 Å². The van der Waals surface area contributed by atoms with Gasteiger partial charge in [0.15, 0.2) is 0 Å². The zero-order chi connectivity index (χ0) is 18.0. The Morgan fingerprint density at radius 1 is 1.32 bits per heavy atom. The number of hydrogen-bond donors (Lipinski definition) is 1. The minimum atomic E-state index is -3.57. The number of amides is 1. The van der Waals surface area contributed by atoms with Crippen LogP contribution in [0.4, 0.5) is 0 Å². The lowest BCUT2D eigenvalue weighted by atomic mass is 10.00. The Labute approximate surface area is 156 Å². The first-order valence-corrected chi connectivity index (χ1v) is 11.0. The van der Waals surface area contributed by atoms with Gasteiger partial charge in [0.2, 0.25) is 16.4 Å². The molecule has 2 aliphatic rings. The summed E-state index contributed by atoms with van der Waals surface area (Å²) < 4.78 is 28.3. The zero-order valence-electron chi connectivity index (χ0n) is 14.0. The number of benzene rings is 1. The lowest BCUT2D eigenvalue weighted by Crippen LogP contribution is -2.47. The topological polar surface area (TPSA) is 77.9 Å². The molecule has 1 amide bonds. The molecular formula is C17H23BrN2O4S. The van der Waals surface area contributed by atoms with Crippen LogP contribution in [0.5, 0.6) is 0 Å². The van der Waals surface area contributed by atoms with Crippen LogP contribution >= 0.6 is 15.9 Å². The fourth-order valence-electron chi connectivity index (χ4n) is 3.91. The van der Waals surface area contributed by atoms with Gasteiger partial charge < -0.3 is 0 Å². The summed E-state index contributed by atoms with van der Waals surface area (Å²) in [6.45, 7) is 0.766. The van der Waals surface area contributed by atoms with Gasteiger partial charge in [0, 0.05) is 17.6 Å². The van der Waals surface area contributed by atoms with Crippen molar-refractivity contribution in [3.8, 4) is 0 Å². The van der Waals surface area contributed by atoms with E-state index in [1.165, 1.54) is 9.87 Å². The predicted octanol–water partition coefficient (Wildman–Crippen LogP) is 2.54. The first kappa shape index (κ1) is 18.8. The van der Waals surface area contributed by atoms with Gasteiger partial charge in [-0.2, -0.15) is 4.31 Å². The first-order chi connectivity index (χ1) is 11.9. The summed E-state index contributed by atoms with van der Waals surface area (Å²) >= 11 is 3.43. The average molecular weight is 431 g/mol. The Kier molecular flexibility index (Phi) is 5.82. The molecular weight excluding hydrogens is 408 g/mol. The summed E-state index contributed by atoms with van der Waals surface area (Å²) in [7, 11) is -3.57. The molecule has 1 aromatic rings. The van der Waals surface area contributed by atoms with Crippen molar-refractivity contribution in [3.05, 3.63) is 33.8 Å². The lowest BCUT2D eigenvalue weighted by molar-refractivity contribution is -0.162. The number of hydroxylamine groups is 2. The van der Waals surface area contributed by atoms with Gasteiger partial charge in [-0.15, -0.1) is 0 Å². The van der Waals surface area contributed by atoms with Gasteiger partial charge in [-0.25, -0.2) is 13.5 Å². The van der Waals surface area contributed by atoms with Crippen molar-refractivity contribution in [2.45, 2.75) is 44.7 Å². The van der Waals surface area contributed by atoms with Crippen LogP contribution in [-0.4, -0.2) is 47.7 Å². The van der Waals surface area contributed by atoms with Crippen LogP contribution in [0.1, 0.15) is 36.8 Å². The summed E-state index contributed by atoms with van der Waals surface area (Å²) in [4.78, 5) is 11.0. The monoisotopic (exact) mass is 430 g/mol. The van der Waals surface area contributed by atoms with E-state index in [9.17, 15) is 18.4 Å². The van der Waals surface area contributed by atoms with Crippen molar-refractivity contribution in [2.75, 3.05) is 12.3 Å². The molecule has 0 aromatic heterocycles. The standard InChI is InChI=1S/C17H23BrN2O4S/c18-16-6-5-13-7-8-19(10-15(13)9-16)25(23,24)11-17(20(22)12-21)14-3-1-2-4-14/h5-6,9,12,14,17,22H,1-4,7-8,10-11H2. The number of carbonyl (C=O) groups excluding carboxylic acids is 1. The van der Waals surface area contributed by atoms with E-state index < -0.39 is 16.1 Å². The van der Waals surface area contributed by atoms with Crippen molar-refractivity contribution < 1.29 is 18.4 Å². The summed E-state index contributed by atoms with van der Waals surface area (Å²) in [6, 6.07) is 5.27. The molecule has 1 aromatic carbocycles. The van der Waals surface area contributed by atoms with Gasteiger partial charge in [-0.3, -0.25) is 10.0 Å². The van der Waals surface area contributed by atoms with Gasteiger partial charge in [0.25, 0.3) is 0 Å². The SMILES string of the molecule is O=CN(O)C(CS(=O)(=O)N1CCc2ccc(Br)cc2C1)C1CCCC1. The summed E-state index contributed by atoms with van der Waals surface area (Å²) in [5.74, 6) is -0.188. The minimum absolute atomic E-state index is 0.0381. The van der Waals surface area contributed by atoms with Crippen molar-refractivity contribution >= 4 is 32.4 Å². The highest BCUT2D eigenvalue weighted by molar-refractivity contribution is 9.10. The Morgan fingerprint density at radius 3 is 2.72 bits per heavy atom. The maximum atomic E-state index is 12.9. The van der Waals surface area contributed by atoms with Crippen molar-refractivity contribution in [3.63, 3.8) is 0 Å². The second-order valence-corrected chi connectivity index (χ2v) is 9.80. The molecule has 1 N–H and O–H groups in total. The highest BCUT2D eigenvalue weighted by atomic mass is 79.9. The zero-order valence-corrected chi connectivity index (χ0v) is 16.4. The fraction of sp³-hybridized carbons (Fsp3) is 0.588. The third kappa shape index (κ3) is 4.24. The van der Waals surface area contributed by atoms with Gasteiger partial charge >= 0.3 is 0 Å².